The molecule has 0 aliphatic carbocycles. The van der Waals surface area contributed by atoms with Crippen molar-refractivity contribution in [2.24, 2.45) is 5.92 Å². The summed E-state index contributed by atoms with van der Waals surface area (Å²) in [5.74, 6) is -0.000358. The van der Waals surface area contributed by atoms with Crippen LogP contribution >= 0.6 is 22.7 Å². The second kappa shape index (κ2) is 7.72. The average molecular weight is 390 g/mol. The highest BCUT2D eigenvalue weighted by Crippen LogP contribution is 2.31. The molecule has 26 heavy (non-hydrogen) atoms. The molecule has 2 aromatic heterocycles. The molecule has 1 amide bonds. The summed E-state index contributed by atoms with van der Waals surface area (Å²) in [5, 5.41) is 6.04. The fraction of sp³-hybridized carbons (Fsp3) is 0.368. The molecule has 136 valence electrons. The molecule has 0 atom stereocenters. The Hall–Kier alpha value is -1.99. The Morgan fingerprint density at radius 3 is 2.92 bits per heavy atom. The van der Waals surface area contributed by atoms with Gasteiger partial charge in [-0.15, -0.1) is 11.3 Å². The molecule has 0 spiro atoms. The molecule has 0 saturated carbocycles. The Morgan fingerprint density at radius 1 is 1.31 bits per heavy atom. The number of carbonyl (C=O) groups is 1. The van der Waals surface area contributed by atoms with Crippen LogP contribution in [0.3, 0.4) is 0 Å². The first-order valence-electron chi connectivity index (χ1n) is 8.80. The molecule has 3 heterocycles. The molecule has 1 saturated heterocycles. The molecule has 7 heteroatoms. The number of piperidine rings is 1. The topological polar surface area (TPSA) is 45.2 Å². The minimum absolute atomic E-state index is 0.0707. The van der Waals surface area contributed by atoms with Crippen LogP contribution in [0.15, 0.2) is 35.7 Å². The number of halogens is 1. The molecule has 1 aromatic carbocycles. The first kappa shape index (κ1) is 17.4. The number of nitrogens with one attached hydrogen (secondary N) is 1. The number of hydrogen-bond donors (Lipinski definition) is 1. The number of amides is 1. The summed E-state index contributed by atoms with van der Waals surface area (Å²) >= 11 is 3.24. The van der Waals surface area contributed by atoms with Gasteiger partial charge in [0, 0.05) is 30.4 Å². The van der Waals surface area contributed by atoms with Crippen molar-refractivity contribution >= 4 is 43.9 Å². The quantitative estimate of drug-likeness (QED) is 0.715. The van der Waals surface area contributed by atoms with Crippen molar-refractivity contribution in [3.05, 3.63) is 46.4 Å². The highest BCUT2D eigenvalue weighted by molar-refractivity contribution is 7.22. The van der Waals surface area contributed by atoms with E-state index < -0.39 is 0 Å². The number of hydrogen-bond acceptors (Lipinski definition) is 5. The summed E-state index contributed by atoms with van der Waals surface area (Å²) in [6.07, 6.45) is 2.55. The highest BCUT2D eigenvalue weighted by Gasteiger charge is 2.26. The zero-order valence-electron chi connectivity index (χ0n) is 14.3. The van der Waals surface area contributed by atoms with Crippen molar-refractivity contribution in [3.8, 4) is 0 Å². The van der Waals surface area contributed by atoms with E-state index in [9.17, 15) is 9.18 Å². The van der Waals surface area contributed by atoms with E-state index in [-0.39, 0.29) is 17.6 Å². The summed E-state index contributed by atoms with van der Waals surface area (Å²) in [6, 6.07) is 8.83. The number of carbonyl (C=O) groups excluding carboxylic acids is 1. The summed E-state index contributed by atoms with van der Waals surface area (Å²) < 4.78 is 14.2. The van der Waals surface area contributed by atoms with E-state index in [0.717, 1.165) is 47.7 Å². The molecule has 0 unspecified atom stereocenters. The van der Waals surface area contributed by atoms with E-state index in [2.05, 4.69) is 26.6 Å². The largest absolute Gasteiger partial charge is 0.355 e. The molecule has 0 bridgehead atoms. The molecule has 1 N–H and O–H groups in total. The lowest BCUT2D eigenvalue weighted by molar-refractivity contribution is -0.125. The first-order chi connectivity index (χ1) is 12.7. The Kier molecular flexibility index (Phi) is 5.17. The van der Waals surface area contributed by atoms with E-state index in [0.29, 0.717) is 6.54 Å². The Bertz CT molecular complexity index is 885. The highest BCUT2D eigenvalue weighted by atomic mass is 32.1. The van der Waals surface area contributed by atoms with Crippen molar-refractivity contribution in [2.45, 2.75) is 19.3 Å². The lowest BCUT2D eigenvalue weighted by Crippen LogP contribution is -2.41. The Labute approximate surface area is 159 Å². The zero-order valence-corrected chi connectivity index (χ0v) is 15.9. The molecule has 1 aliphatic rings. The lowest BCUT2D eigenvalue weighted by Gasteiger charge is -2.31. The van der Waals surface area contributed by atoms with Crippen LogP contribution in [-0.2, 0) is 11.2 Å². The van der Waals surface area contributed by atoms with Crippen LogP contribution in [0.2, 0.25) is 0 Å². The molecule has 4 nitrogen and oxygen atoms in total. The number of thiophene rings is 1. The molecule has 4 rings (SSSR count). The van der Waals surface area contributed by atoms with Gasteiger partial charge in [0.1, 0.15) is 5.82 Å². The number of nitrogens with zero attached hydrogens (tertiary/aromatic N) is 2. The number of anilines is 1. The maximum atomic E-state index is 13.3. The van der Waals surface area contributed by atoms with Crippen molar-refractivity contribution in [1.82, 2.24) is 10.3 Å². The normalized spacial score (nSPS) is 15.5. The van der Waals surface area contributed by atoms with Gasteiger partial charge >= 0.3 is 0 Å². The fourth-order valence-electron chi connectivity index (χ4n) is 3.26. The number of rotatable bonds is 5. The van der Waals surface area contributed by atoms with Crippen LogP contribution in [-0.4, -0.2) is 30.5 Å². The van der Waals surface area contributed by atoms with Gasteiger partial charge in [-0.2, -0.15) is 0 Å². The molecule has 3 aromatic rings. The molecular formula is C19H20FN3OS2. The Morgan fingerprint density at radius 2 is 2.15 bits per heavy atom. The van der Waals surface area contributed by atoms with Crippen LogP contribution < -0.4 is 10.2 Å². The maximum absolute atomic E-state index is 13.3. The maximum Gasteiger partial charge on any atom is 0.223 e. The number of thiazole rings is 1. The van der Waals surface area contributed by atoms with Gasteiger partial charge in [0.25, 0.3) is 0 Å². The standard InChI is InChI=1S/C19H20FN3OS2/c20-14-3-4-16-17(12-14)26-19(22-16)23-9-6-13(7-10-23)18(24)21-8-5-15-2-1-11-25-15/h1-4,11-13H,5-10H2,(H,21,24). The third kappa shape index (κ3) is 3.88. The van der Waals surface area contributed by atoms with Gasteiger partial charge < -0.3 is 10.2 Å². The average Bonchev–Trinajstić information content (AvgIpc) is 3.31. The van der Waals surface area contributed by atoms with E-state index in [1.54, 1.807) is 17.4 Å². The van der Waals surface area contributed by atoms with Gasteiger partial charge in [0.05, 0.1) is 10.2 Å². The first-order valence-corrected chi connectivity index (χ1v) is 10.5. The number of fused-ring (bicyclic) bond motifs is 1. The number of benzene rings is 1. The minimum atomic E-state index is -0.231. The summed E-state index contributed by atoms with van der Waals surface area (Å²) in [7, 11) is 0. The summed E-state index contributed by atoms with van der Waals surface area (Å²) in [4.78, 5) is 20.5. The fourth-order valence-corrected chi connectivity index (χ4v) is 5.01. The smallest absolute Gasteiger partial charge is 0.223 e. The van der Waals surface area contributed by atoms with Gasteiger partial charge in [-0.3, -0.25) is 4.79 Å². The summed E-state index contributed by atoms with van der Waals surface area (Å²) in [5.41, 5.74) is 0.833. The third-order valence-corrected chi connectivity index (χ3v) is 6.74. The van der Waals surface area contributed by atoms with Crippen LogP contribution in [0.4, 0.5) is 9.52 Å². The van der Waals surface area contributed by atoms with E-state index >= 15 is 0 Å². The van der Waals surface area contributed by atoms with Crippen LogP contribution in [0.5, 0.6) is 0 Å². The predicted octanol–water partition coefficient (Wildman–Crippen LogP) is 4.07. The van der Waals surface area contributed by atoms with Crippen molar-refractivity contribution in [3.63, 3.8) is 0 Å². The lowest BCUT2D eigenvalue weighted by atomic mass is 9.96. The molecule has 1 aliphatic heterocycles. The predicted molar refractivity (Wildman–Crippen MR) is 106 cm³/mol. The van der Waals surface area contributed by atoms with E-state index in [4.69, 9.17) is 0 Å². The van der Waals surface area contributed by atoms with E-state index in [1.165, 1.54) is 28.3 Å². The second-order valence-corrected chi connectivity index (χ2v) is 8.53. The van der Waals surface area contributed by atoms with Gasteiger partial charge in [-0.25, -0.2) is 9.37 Å². The van der Waals surface area contributed by atoms with Gasteiger partial charge in [0.2, 0.25) is 5.91 Å². The van der Waals surface area contributed by atoms with Crippen molar-refractivity contribution < 1.29 is 9.18 Å². The van der Waals surface area contributed by atoms with Gasteiger partial charge in [-0.05, 0) is 48.9 Å². The van der Waals surface area contributed by atoms with Gasteiger partial charge in [-0.1, -0.05) is 17.4 Å². The minimum Gasteiger partial charge on any atom is -0.355 e. The second-order valence-electron chi connectivity index (χ2n) is 6.49. The number of aromatic nitrogens is 1. The zero-order chi connectivity index (χ0) is 17.9. The third-order valence-electron chi connectivity index (χ3n) is 4.73. The van der Waals surface area contributed by atoms with Crippen LogP contribution in [0.25, 0.3) is 10.2 Å². The Balaban J connectivity index is 1.29. The monoisotopic (exact) mass is 389 g/mol. The van der Waals surface area contributed by atoms with Crippen molar-refractivity contribution in [2.75, 3.05) is 24.5 Å². The molecule has 0 radical (unpaired) electrons. The van der Waals surface area contributed by atoms with E-state index in [1.807, 2.05) is 6.07 Å². The van der Waals surface area contributed by atoms with Crippen LogP contribution in [0.1, 0.15) is 17.7 Å². The molecule has 1 fully saturated rings. The van der Waals surface area contributed by atoms with Crippen molar-refractivity contribution in [1.29, 1.82) is 0 Å². The van der Waals surface area contributed by atoms with Gasteiger partial charge in [0.15, 0.2) is 5.13 Å². The molecular weight excluding hydrogens is 369 g/mol. The van der Waals surface area contributed by atoms with Crippen LogP contribution in [0, 0.1) is 11.7 Å². The summed E-state index contributed by atoms with van der Waals surface area (Å²) in [6.45, 7) is 2.32. The SMILES string of the molecule is O=C(NCCc1cccs1)C1CCN(c2nc3ccc(F)cc3s2)CC1.